The molecule has 3 aromatic carbocycles. The van der Waals surface area contributed by atoms with Gasteiger partial charge < -0.3 is 20.3 Å². The van der Waals surface area contributed by atoms with Crippen molar-refractivity contribution in [3.63, 3.8) is 0 Å². The summed E-state index contributed by atoms with van der Waals surface area (Å²) in [6, 6.07) is 23.5. The van der Waals surface area contributed by atoms with Crippen molar-refractivity contribution in [3.05, 3.63) is 83.9 Å². The van der Waals surface area contributed by atoms with Gasteiger partial charge in [0.05, 0.1) is 6.54 Å². The standard InChI is InChI=1S/C25H25N3O3/c1-18(29)27-21-9-6-10-22(15-21)31-14-13-26-25(30)28-16-19-7-2-4-11-23(19)24-12-5-3-8-20(24)17-28/h2-12,15H,13-14,16-17H2,1H3,(H,26,30)(H,27,29). The number of nitrogens with one attached hydrogen (secondary N) is 2. The summed E-state index contributed by atoms with van der Waals surface area (Å²) in [4.78, 5) is 25.9. The number of anilines is 1. The summed E-state index contributed by atoms with van der Waals surface area (Å²) >= 11 is 0. The fourth-order valence-electron chi connectivity index (χ4n) is 3.76. The summed E-state index contributed by atoms with van der Waals surface area (Å²) in [5, 5.41) is 5.67. The average Bonchev–Trinajstić information content (AvgIpc) is 2.93. The van der Waals surface area contributed by atoms with E-state index in [0.717, 1.165) is 11.1 Å². The van der Waals surface area contributed by atoms with Gasteiger partial charge in [-0.1, -0.05) is 54.6 Å². The van der Waals surface area contributed by atoms with E-state index in [1.165, 1.54) is 18.1 Å². The van der Waals surface area contributed by atoms with Crippen LogP contribution in [0.1, 0.15) is 18.1 Å². The highest BCUT2D eigenvalue weighted by Gasteiger charge is 2.22. The maximum atomic E-state index is 12.9. The number of ether oxygens (including phenoxy) is 1. The van der Waals surface area contributed by atoms with Gasteiger partial charge in [-0.25, -0.2) is 4.79 Å². The van der Waals surface area contributed by atoms with Crippen LogP contribution in [0.2, 0.25) is 0 Å². The Morgan fingerprint density at radius 3 is 2.19 bits per heavy atom. The fraction of sp³-hybridized carbons (Fsp3) is 0.200. The number of fused-ring (bicyclic) bond motifs is 3. The zero-order chi connectivity index (χ0) is 21.6. The van der Waals surface area contributed by atoms with Crippen LogP contribution >= 0.6 is 0 Å². The van der Waals surface area contributed by atoms with Gasteiger partial charge in [0, 0.05) is 31.8 Å². The Kier molecular flexibility index (Phi) is 6.17. The van der Waals surface area contributed by atoms with Gasteiger partial charge in [-0.05, 0) is 34.4 Å². The summed E-state index contributed by atoms with van der Waals surface area (Å²) < 4.78 is 5.72. The molecule has 0 saturated heterocycles. The van der Waals surface area contributed by atoms with E-state index in [9.17, 15) is 9.59 Å². The predicted molar refractivity (Wildman–Crippen MR) is 121 cm³/mol. The van der Waals surface area contributed by atoms with Crippen LogP contribution < -0.4 is 15.4 Å². The van der Waals surface area contributed by atoms with E-state index in [1.807, 2.05) is 41.3 Å². The largest absolute Gasteiger partial charge is 0.492 e. The lowest BCUT2D eigenvalue weighted by molar-refractivity contribution is -0.114. The van der Waals surface area contributed by atoms with Crippen molar-refractivity contribution in [1.82, 2.24) is 10.2 Å². The van der Waals surface area contributed by atoms with Crippen LogP contribution in [-0.2, 0) is 17.9 Å². The van der Waals surface area contributed by atoms with E-state index in [4.69, 9.17) is 4.74 Å². The van der Waals surface area contributed by atoms with Gasteiger partial charge in [-0.15, -0.1) is 0 Å². The quantitative estimate of drug-likeness (QED) is 0.606. The van der Waals surface area contributed by atoms with Gasteiger partial charge in [0.25, 0.3) is 0 Å². The van der Waals surface area contributed by atoms with Crippen molar-refractivity contribution in [2.75, 3.05) is 18.5 Å². The van der Waals surface area contributed by atoms with Gasteiger partial charge in [-0.3, -0.25) is 4.79 Å². The second kappa shape index (κ2) is 9.34. The first kappa shape index (κ1) is 20.5. The van der Waals surface area contributed by atoms with E-state index < -0.39 is 0 Å². The minimum atomic E-state index is -0.134. The Morgan fingerprint density at radius 1 is 0.903 bits per heavy atom. The molecule has 0 atom stereocenters. The van der Waals surface area contributed by atoms with Crippen molar-refractivity contribution in [1.29, 1.82) is 0 Å². The van der Waals surface area contributed by atoms with E-state index in [-0.39, 0.29) is 11.9 Å². The van der Waals surface area contributed by atoms with Crippen LogP contribution in [0.15, 0.2) is 72.8 Å². The SMILES string of the molecule is CC(=O)Nc1cccc(OCCNC(=O)N2Cc3ccccc3-c3ccccc3C2)c1. The van der Waals surface area contributed by atoms with E-state index in [2.05, 4.69) is 34.9 Å². The summed E-state index contributed by atoms with van der Waals surface area (Å²) in [7, 11) is 0. The number of urea groups is 1. The Labute approximate surface area is 181 Å². The zero-order valence-corrected chi connectivity index (χ0v) is 17.4. The van der Waals surface area contributed by atoms with Crippen molar-refractivity contribution < 1.29 is 14.3 Å². The molecule has 31 heavy (non-hydrogen) atoms. The lowest BCUT2D eigenvalue weighted by Gasteiger charge is -2.22. The molecule has 1 heterocycles. The molecule has 0 saturated carbocycles. The number of carbonyl (C=O) groups excluding carboxylic acids is 2. The highest BCUT2D eigenvalue weighted by Crippen LogP contribution is 2.32. The minimum absolute atomic E-state index is 0.123. The van der Waals surface area contributed by atoms with Gasteiger partial charge in [0.2, 0.25) is 5.91 Å². The second-order valence-corrected chi connectivity index (χ2v) is 7.46. The third-order valence-electron chi connectivity index (χ3n) is 5.14. The number of amides is 3. The van der Waals surface area contributed by atoms with Crippen molar-refractivity contribution >= 4 is 17.6 Å². The molecule has 6 nitrogen and oxygen atoms in total. The molecule has 2 N–H and O–H groups in total. The molecular weight excluding hydrogens is 390 g/mol. The number of hydrogen-bond donors (Lipinski definition) is 2. The highest BCUT2D eigenvalue weighted by atomic mass is 16.5. The molecule has 0 bridgehead atoms. The number of rotatable bonds is 5. The lowest BCUT2D eigenvalue weighted by Crippen LogP contribution is -2.40. The Morgan fingerprint density at radius 2 is 1.55 bits per heavy atom. The lowest BCUT2D eigenvalue weighted by atomic mass is 9.97. The van der Waals surface area contributed by atoms with Gasteiger partial charge in [0.15, 0.2) is 0 Å². The second-order valence-electron chi connectivity index (χ2n) is 7.46. The third-order valence-corrected chi connectivity index (χ3v) is 5.14. The smallest absolute Gasteiger partial charge is 0.318 e. The van der Waals surface area contributed by atoms with Crippen LogP contribution in [0.4, 0.5) is 10.5 Å². The Bertz CT molecular complexity index is 1050. The fourth-order valence-corrected chi connectivity index (χ4v) is 3.76. The van der Waals surface area contributed by atoms with E-state index >= 15 is 0 Å². The molecule has 0 spiro atoms. The topological polar surface area (TPSA) is 70.7 Å². The molecule has 4 rings (SSSR count). The maximum Gasteiger partial charge on any atom is 0.318 e. The maximum absolute atomic E-state index is 12.9. The number of benzene rings is 3. The molecule has 0 aromatic heterocycles. The number of nitrogens with zero attached hydrogens (tertiary/aromatic N) is 1. The van der Waals surface area contributed by atoms with Crippen molar-refractivity contribution in [2.24, 2.45) is 0 Å². The first-order valence-electron chi connectivity index (χ1n) is 10.3. The number of hydrogen-bond acceptors (Lipinski definition) is 3. The molecule has 6 heteroatoms. The Balaban J connectivity index is 1.36. The van der Waals surface area contributed by atoms with Crippen LogP contribution in [0.25, 0.3) is 11.1 Å². The summed E-state index contributed by atoms with van der Waals surface area (Å²) in [5.41, 5.74) is 5.30. The summed E-state index contributed by atoms with van der Waals surface area (Å²) in [6.45, 7) is 3.27. The molecule has 0 fully saturated rings. The van der Waals surface area contributed by atoms with Crippen LogP contribution in [-0.4, -0.2) is 30.0 Å². The predicted octanol–water partition coefficient (Wildman–Crippen LogP) is 4.42. The highest BCUT2D eigenvalue weighted by molar-refractivity contribution is 5.88. The molecule has 1 aliphatic heterocycles. The molecule has 0 aliphatic carbocycles. The van der Waals surface area contributed by atoms with Gasteiger partial charge >= 0.3 is 6.03 Å². The van der Waals surface area contributed by atoms with Crippen LogP contribution in [0.3, 0.4) is 0 Å². The molecule has 0 unspecified atom stereocenters. The monoisotopic (exact) mass is 415 g/mol. The average molecular weight is 415 g/mol. The molecule has 3 amide bonds. The summed E-state index contributed by atoms with van der Waals surface area (Å²) in [6.07, 6.45) is 0. The van der Waals surface area contributed by atoms with Gasteiger partial charge in [0.1, 0.15) is 12.4 Å². The van der Waals surface area contributed by atoms with Crippen molar-refractivity contribution in [2.45, 2.75) is 20.0 Å². The van der Waals surface area contributed by atoms with E-state index in [0.29, 0.717) is 37.7 Å². The molecule has 3 aromatic rings. The minimum Gasteiger partial charge on any atom is -0.492 e. The third kappa shape index (κ3) is 5.04. The van der Waals surface area contributed by atoms with Crippen LogP contribution in [0.5, 0.6) is 5.75 Å². The van der Waals surface area contributed by atoms with E-state index in [1.54, 1.807) is 12.1 Å². The van der Waals surface area contributed by atoms with Crippen molar-refractivity contribution in [3.8, 4) is 16.9 Å². The first-order valence-corrected chi connectivity index (χ1v) is 10.3. The molecule has 0 radical (unpaired) electrons. The Hall–Kier alpha value is -3.80. The molecular formula is C25H25N3O3. The van der Waals surface area contributed by atoms with Gasteiger partial charge in [-0.2, -0.15) is 0 Å². The zero-order valence-electron chi connectivity index (χ0n) is 17.4. The number of carbonyl (C=O) groups is 2. The first-order chi connectivity index (χ1) is 15.1. The normalized spacial score (nSPS) is 12.2. The van der Waals surface area contributed by atoms with Crippen LogP contribution in [0, 0.1) is 0 Å². The molecule has 1 aliphatic rings. The molecule has 158 valence electrons. The summed E-state index contributed by atoms with van der Waals surface area (Å²) in [5.74, 6) is 0.503.